The van der Waals surface area contributed by atoms with Gasteiger partial charge in [0.2, 0.25) is 0 Å². The summed E-state index contributed by atoms with van der Waals surface area (Å²) in [4.78, 5) is 16.0. The normalized spacial score (nSPS) is 12.8. The first kappa shape index (κ1) is 14.1. The lowest BCUT2D eigenvalue weighted by Gasteiger charge is -2.20. The molecular weight excluding hydrogens is 238 g/mol. The van der Waals surface area contributed by atoms with E-state index >= 15 is 0 Å². The molecule has 0 spiro atoms. The van der Waals surface area contributed by atoms with Crippen molar-refractivity contribution in [2.75, 3.05) is 13.7 Å². The SMILES string of the molecule is COCC(NC(=O)c1csc(CN)n1)C(C)C. The molecule has 0 aliphatic heterocycles. The van der Waals surface area contributed by atoms with E-state index < -0.39 is 0 Å². The van der Waals surface area contributed by atoms with E-state index in [0.29, 0.717) is 24.8 Å². The monoisotopic (exact) mass is 257 g/mol. The van der Waals surface area contributed by atoms with Gasteiger partial charge in [0.1, 0.15) is 10.7 Å². The van der Waals surface area contributed by atoms with E-state index in [-0.39, 0.29) is 11.9 Å². The van der Waals surface area contributed by atoms with Crippen LogP contribution < -0.4 is 11.1 Å². The van der Waals surface area contributed by atoms with Crippen molar-refractivity contribution in [3.63, 3.8) is 0 Å². The Hall–Kier alpha value is -0.980. The Morgan fingerprint density at radius 3 is 2.82 bits per heavy atom. The molecule has 1 aromatic heterocycles. The van der Waals surface area contributed by atoms with Crippen LogP contribution in [-0.4, -0.2) is 30.6 Å². The number of thiazole rings is 1. The molecule has 3 N–H and O–H groups in total. The van der Waals surface area contributed by atoms with Gasteiger partial charge in [-0.1, -0.05) is 13.8 Å². The average molecular weight is 257 g/mol. The molecule has 0 bridgehead atoms. The van der Waals surface area contributed by atoms with Crippen molar-refractivity contribution in [3.8, 4) is 0 Å². The molecule has 0 aliphatic carbocycles. The van der Waals surface area contributed by atoms with Crippen LogP contribution >= 0.6 is 11.3 Å². The summed E-state index contributed by atoms with van der Waals surface area (Å²) in [6.07, 6.45) is 0. The molecule has 0 radical (unpaired) electrons. The van der Waals surface area contributed by atoms with Crippen LogP contribution in [0, 0.1) is 5.92 Å². The van der Waals surface area contributed by atoms with Gasteiger partial charge in [-0.2, -0.15) is 0 Å². The van der Waals surface area contributed by atoms with Crippen LogP contribution in [0.4, 0.5) is 0 Å². The van der Waals surface area contributed by atoms with E-state index in [1.807, 2.05) is 13.8 Å². The van der Waals surface area contributed by atoms with E-state index in [0.717, 1.165) is 5.01 Å². The smallest absolute Gasteiger partial charge is 0.271 e. The average Bonchev–Trinajstić information content (AvgIpc) is 2.76. The molecule has 17 heavy (non-hydrogen) atoms. The quantitative estimate of drug-likeness (QED) is 0.797. The molecule has 1 rings (SSSR count). The summed E-state index contributed by atoms with van der Waals surface area (Å²) in [7, 11) is 1.62. The Balaban J connectivity index is 2.63. The van der Waals surface area contributed by atoms with Gasteiger partial charge in [-0.3, -0.25) is 4.79 Å². The van der Waals surface area contributed by atoms with Crippen LogP contribution in [0.15, 0.2) is 5.38 Å². The number of nitrogens with two attached hydrogens (primary N) is 1. The molecule has 5 nitrogen and oxygen atoms in total. The molecule has 1 heterocycles. The third kappa shape index (κ3) is 4.07. The Morgan fingerprint density at radius 2 is 2.35 bits per heavy atom. The summed E-state index contributed by atoms with van der Waals surface area (Å²) >= 11 is 1.40. The number of hydrogen-bond acceptors (Lipinski definition) is 5. The van der Waals surface area contributed by atoms with Crippen LogP contribution in [-0.2, 0) is 11.3 Å². The van der Waals surface area contributed by atoms with Crippen molar-refractivity contribution >= 4 is 17.2 Å². The minimum atomic E-state index is -0.170. The largest absolute Gasteiger partial charge is 0.383 e. The number of nitrogens with zero attached hydrogens (tertiary/aromatic N) is 1. The summed E-state index contributed by atoms with van der Waals surface area (Å²) in [5.41, 5.74) is 5.88. The van der Waals surface area contributed by atoms with Crippen LogP contribution in [0.2, 0.25) is 0 Å². The standard InChI is InChI=1S/C11H19N3O2S/c1-7(2)8(5-16-3)14-11(15)9-6-17-10(4-12)13-9/h6-8H,4-5,12H2,1-3H3,(H,14,15). The zero-order valence-electron chi connectivity index (χ0n) is 10.4. The Morgan fingerprint density at radius 1 is 1.65 bits per heavy atom. The van der Waals surface area contributed by atoms with Crippen molar-refractivity contribution in [2.24, 2.45) is 11.7 Å². The first-order valence-corrected chi connectivity index (χ1v) is 6.40. The second-order valence-corrected chi connectivity index (χ2v) is 5.05. The molecule has 0 saturated carbocycles. The fourth-order valence-corrected chi connectivity index (χ4v) is 1.99. The second-order valence-electron chi connectivity index (χ2n) is 4.11. The summed E-state index contributed by atoms with van der Waals surface area (Å²) < 4.78 is 5.08. The van der Waals surface area contributed by atoms with Gasteiger partial charge < -0.3 is 15.8 Å². The van der Waals surface area contributed by atoms with Crippen molar-refractivity contribution in [1.82, 2.24) is 10.3 Å². The number of methoxy groups -OCH3 is 1. The highest BCUT2D eigenvalue weighted by molar-refractivity contribution is 7.09. The minimum Gasteiger partial charge on any atom is -0.383 e. The maximum atomic E-state index is 11.9. The highest BCUT2D eigenvalue weighted by atomic mass is 32.1. The first-order valence-electron chi connectivity index (χ1n) is 5.52. The van der Waals surface area contributed by atoms with Crippen LogP contribution in [0.25, 0.3) is 0 Å². The zero-order chi connectivity index (χ0) is 12.8. The lowest BCUT2D eigenvalue weighted by atomic mass is 10.1. The molecule has 6 heteroatoms. The summed E-state index contributed by atoms with van der Waals surface area (Å²) in [5.74, 6) is 0.142. The number of amides is 1. The van der Waals surface area contributed by atoms with Gasteiger partial charge in [-0.05, 0) is 5.92 Å². The summed E-state index contributed by atoms with van der Waals surface area (Å²) in [6.45, 7) is 4.94. The van der Waals surface area contributed by atoms with Crippen LogP contribution in [0.1, 0.15) is 29.3 Å². The number of ether oxygens (including phenoxy) is 1. The predicted molar refractivity (Wildman–Crippen MR) is 68.0 cm³/mol. The topological polar surface area (TPSA) is 77.2 Å². The molecule has 0 aromatic carbocycles. The van der Waals surface area contributed by atoms with Gasteiger partial charge in [-0.15, -0.1) is 11.3 Å². The molecule has 1 aromatic rings. The van der Waals surface area contributed by atoms with Gasteiger partial charge in [0.05, 0.1) is 12.6 Å². The van der Waals surface area contributed by atoms with E-state index in [4.69, 9.17) is 10.5 Å². The fraction of sp³-hybridized carbons (Fsp3) is 0.636. The molecule has 96 valence electrons. The van der Waals surface area contributed by atoms with Crippen molar-refractivity contribution in [2.45, 2.75) is 26.4 Å². The van der Waals surface area contributed by atoms with Crippen LogP contribution in [0.3, 0.4) is 0 Å². The number of carbonyl (C=O) groups excluding carboxylic acids is 1. The number of nitrogens with one attached hydrogen (secondary N) is 1. The second kappa shape index (κ2) is 6.68. The van der Waals surface area contributed by atoms with Gasteiger partial charge in [0.25, 0.3) is 5.91 Å². The summed E-state index contributed by atoms with van der Waals surface area (Å²) in [5, 5.41) is 5.40. The Kier molecular flexibility index (Phi) is 5.54. The van der Waals surface area contributed by atoms with E-state index in [9.17, 15) is 4.79 Å². The van der Waals surface area contributed by atoms with Gasteiger partial charge in [0.15, 0.2) is 0 Å². The van der Waals surface area contributed by atoms with Gasteiger partial charge >= 0.3 is 0 Å². The predicted octanol–water partition coefficient (Wildman–Crippen LogP) is 1.00. The van der Waals surface area contributed by atoms with Crippen LogP contribution in [0.5, 0.6) is 0 Å². The molecule has 0 aliphatic rings. The van der Waals surface area contributed by atoms with Crippen molar-refractivity contribution in [1.29, 1.82) is 0 Å². The number of carbonyl (C=O) groups is 1. The highest BCUT2D eigenvalue weighted by Crippen LogP contribution is 2.10. The summed E-state index contributed by atoms with van der Waals surface area (Å²) in [6, 6.07) is -0.00414. The lowest BCUT2D eigenvalue weighted by Crippen LogP contribution is -2.41. The molecule has 0 fully saturated rings. The molecule has 0 saturated heterocycles. The highest BCUT2D eigenvalue weighted by Gasteiger charge is 2.18. The van der Waals surface area contributed by atoms with E-state index in [1.165, 1.54) is 11.3 Å². The number of aromatic nitrogens is 1. The Bertz CT molecular complexity index is 365. The minimum absolute atomic E-state index is 0.00414. The molecule has 1 amide bonds. The Labute approximate surface area is 105 Å². The van der Waals surface area contributed by atoms with E-state index in [1.54, 1.807) is 12.5 Å². The first-order chi connectivity index (χ1) is 8.08. The zero-order valence-corrected chi connectivity index (χ0v) is 11.2. The third-order valence-corrected chi connectivity index (χ3v) is 3.30. The molecular formula is C11H19N3O2S. The maximum Gasteiger partial charge on any atom is 0.271 e. The third-order valence-electron chi connectivity index (χ3n) is 2.43. The number of hydrogen-bond donors (Lipinski definition) is 2. The molecule has 1 unspecified atom stereocenters. The lowest BCUT2D eigenvalue weighted by molar-refractivity contribution is 0.0862. The maximum absolute atomic E-state index is 11.9. The van der Waals surface area contributed by atoms with Crippen molar-refractivity contribution in [3.05, 3.63) is 16.1 Å². The fourth-order valence-electron chi connectivity index (χ4n) is 1.33. The van der Waals surface area contributed by atoms with E-state index in [2.05, 4.69) is 10.3 Å². The van der Waals surface area contributed by atoms with Crippen molar-refractivity contribution < 1.29 is 9.53 Å². The molecule has 1 atom stereocenters. The van der Waals surface area contributed by atoms with Gasteiger partial charge in [-0.25, -0.2) is 4.98 Å². The van der Waals surface area contributed by atoms with Gasteiger partial charge in [0, 0.05) is 19.0 Å². The number of rotatable bonds is 6.